The van der Waals surface area contributed by atoms with Gasteiger partial charge in [-0.3, -0.25) is 9.59 Å². The van der Waals surface area contributed by atoms with Gasteiger partial charge in [-0.2, -0.15) is 0 Å². The number of nitrogens with one attached hydrogen (secondary N) is 1. The van der Waals surface area contributed by atoms with Crippen LogP contribution < -0.4 is 5.32 Å². The first kappa shape index (κ1) is 14.0. The van der Waals surface area contributed by atoms with Gasteiger partial charge in [0.05, 0.1) is 0 Å². The predicted octanol–water partition coefficient (Wildman–Crippen LogP) is 0.130. The fourth-order valence-corrected chi connectivity index (χ4v) is 2.09. The zero-order valence-corrected chi connectivity index (χ0v) is 11.2. The van der Waals surface area contributed by atoms with Crippen LogP contribution in [0.2, 0.25) is 0 Å². The highest BCUT2D eigenvalue weighted by Crippen LogP contribution is 2.20. The summed E-state index contributed by atoms with van der Waals surface area (Å²) in [5.74, 6) is -1.81. The van der Waals surface area contributed by atoms with Crippen LogP contribution in [0, 0.1) is 0 Å². The summed E-state index contributed by atoms with van der Waals surface area (Å²) >= 11 is 0. The van der Waals surface area contributed by atoms with Crippen LogP contribution >= 0.6 is 0 Å². The Kier molecular flexibility index (Phi) is 3.44. The highest BCUT2D eigenvalue weighted by molar-refractivity contribution is 6.00. The lowest BCUT2D eigenvalue weighted by molar-refractivity contribution is -0.133. The van der Waals surface area contributed by atoms with E-state index >= 15 is 0 Å². The van der Waals surface area contributed by atoms with Crippen molar-refractivity contribution < 1.29 is 19.5 Å². The number of carbonyl (C=O) groups is 3. The van der Waals surface area contributed by atoms with Crippen molar-refractivity contribution in [2.24, 2.45) is 0 Å². The summed E-state index contributed by atoms with van der Waals surface area (Å²) in [5.41, 5.74) is -0.961. The fourth-order valence-electron chi connectivity index (χ4n) is 2.09. The lowest BCUT2D eigenvalue weighted by Crippen LogP contribution is -2.63. The van der Waals surface area contributed by atoms with Crippen LogP contribution in [-0.2, 0) is 4.79 Å². The lowest BCUT2D eigenvalue weighted by atomic mass is 9.97. The molecular formula is C13H15N3O4. The van der Waals surface area contributed by atoms with E-state index in [0.717, 1.165) is 0 Å². The number of hydrogen-bond donors (Lipinski definition) is 2. The van der Waals surface area contributed by atoms with Gasteiger partial charge in [-0.1, -0.05) is 0 Å². The molecule has 1 saturated heterocycles. The van der Waals surface area contributed by atoms with Gasteiger partial charge in [0.1, 0.15) is 11.2 Å². The Balaban J connectivity index is 2.33. The smallest absolute Gasteiger partial charge is 0.354 e. The number of hydrogen-bond acceptors (Lipinski definition) is 4. The molecule has 106 valence electrons. The maximum atomic E-state index is 12.5. The van der Waals surface area contributed by atoms with E-state index in [1.807, 2.05) is 0 Å². The predicted molar refractivity (Wildman–Crippen MR) is 69.3 cm³/mol. The molecule has 0 saturated carbocycles. The van der Waals surface area contributed by atoms with Crippen molar-refractivity contribution in [3.8, 4) is 0 Å². The van der Waals surface area contributed by atoms with E-state index in [4.69, 9.17) is 5.11 Å². The molecule has 1 aliphatic heterocycles. The molecule has 1 aliphatic rings. The van der Waals surface area contributed by atoms with E-state index in [0.29, 0.717) is 13.1 Å². The van der Waals surface area contributed by atoms with Crippen LogP contribution in [0.4, 0.5) is 0 Å². The van der Waals surface area contributed by atoms with Gasteiger partial charge in [0.25, 0.3) is 5.91 Å². The maximum Gasteiger partial charge on any atom is 0.354 e. The number of pyridine rings is 1. The number of amides is 2. The zero-order chi connectivity index (χ0) is 14.9. The monoisotopic (exact) mass is 277 g/mol. The zero-order valence-electron chi connectivity index (χ0n) is 11.2. The van der Waals surface area contributed by atoms with Crippen molar-refractivity contribution in [2.45, 2.75) is 19.4 Å². The Morgan fingerprint density at radius 1 is 1.45 bits per heavy atom. The molecule has 0 bridgehead atoms. The minimum absolute atomic E-state index is 0.199. The Hall–Kier alpha value is -2.44. The summed E-state index contributed by atoms with van der Waals surface area (Å²) < 4.78 is 0. The number of aromatic nitrogens is 1. The molecule has 0 unspecified atom stereocenters. The summed E-state index contributed by atoms with van der Waals surface area (Å²) in [6, 6.07) is 2.66. The highest BCUT2D eigenvalue weighted by Gasteiger charge is 2.40. The quantitative estimate of drug-likeness (QED) is 0.800. The third kappa shape index (κ3) is 2.34. The number of aromatic carboxylic acids is 1. The number of rotatable bonds is 2. The molecule has 20 heavy (non-hydrogen) atoms. The second-order valence-electron chi connectivity index (χ2n) is 5.01. The van der Waals surface area contributed by atoms with Crippen molar-refractivity contribution in [3.63, 3.8) is 0 Å². The topological polar surface area (TPSA) is 99.6 Å². The second kappa shape index (κ2) is 4.92. The SMILES string of the molecule is CC1(C)C(=O)NCCN1C(=O)c1ccnc(C(=O)O)c1. The van der Waals surface area contributed by atoms with E-state index in [9.17, 15) is 14.4 Å². The number of carboxylic acid groups (broad SMARTS) is 1. The maximum absolute atomic E-state index is 12.5. The third-order valence-electron chi connectivity index (χ3n) is 3.32. The Labute approximate surface area is 115 Å². The fraction of sp³-hybridized carbons (Fsp3) is 0.385. The van der Waals surface area contributed by atoms with E-state index in [2.05, 4.69) is 10.3 Å². The van der Waals surface area contributed by atoms with Crippen LogP contribution in [0.3, 0.4) is 0 Å². The molecule has 0 spiro atoms. The second-order valence-corrected chi connectivity index (χ2v) is 5.01. The third-order valence-corrected chi connectivity index (χ3v) is 3.32. The van der Waals surface area contributed by atoms with Crippen LogP contribution in [0.1, 0.15) is 34.7 Å². The van der Waals surface area contributed by atoms with E-state index < -0.39 is 11.5 Å². The van der Waals surface area contributed by atoms with Gasteiger partial charge < -0.3 is 15.3 Å². The molecule has 1 fully saturated rings. The van der Waals surface area contributed by atoms with Gasteiger partial charge in [0.15, 0.2) is 0 Å². The average Bonchev–Trinajstić information content (AvgIpc) is 2.41. The first-order valence-corrected chi connectivity index (χ1v) is 6.13. The summed E-state index contributed by atoms with van der Waals surface area (Å²) in [4.78, 5) is 40.3. The van der Waals surface area contributed by atoms with Gasteiger partial charge in [-0.05, 0) is 26.0 Å². The number of carbonyl (C=O) groups excluding carboxylic acids is 2. The highest BCUT2D eigenvalue weighted by atomic mass is 16.4. The van der Waals surface area contributed by atoms with Gasteiger partial charge in [-0.15, -0.1) is 0 Å². The van der Waals surface area contributed by atoms with Crippen LogP contribution in [0.25, 0.3) is 0 Å². The van der Waals surface area contributed by atoms with E-state index in [-0.39, 0.29) is 23.1 Å². The number of carboxylic acids is 1. The molecule has 2 N–H and O–H groups in total. The molecule has 0 atom stereocenters. The molecule has 0 radical (unpaired) electrons. The van der Waals surface area contributed by atoms with Gasteiger partial charge >= 0.3 is 5.97 Å². The van der Waals surface area contributed by atoms with Gasteiger partial charge in [0, 0.05) is 24.8 Å². The summed E-state index contributed by atoms with van der Waals surface area (Å²) in [7, 11) is 0. The van der Waals surface area contributed by atoms with Crippen LogP contribution in [-0.4, -0.2) is 51.4 Å². The van der Waals surface area contributed by atoms with Crippen LogP contribution in [0.5, 0.6) is 0 Å². The summed E-state index contributed by atoms with van der Waals surface area (Å²) in [6.45, 7) is 4.06. The Bertz CT molecular complexity index is 583. The number of piperazine rings is 1. The van der Waals surface area contributed by atoms with Crippen molar-refractivity contribution in [2.75, 3.05) is 13.1 Å². The molecule has 2 rings (SSSR count). The van der Waals surface area contributed by atoms with E-state index in [1.54, 1.807) is 13.8 Å². The standard InChI is InChI=1S/C13H15N3O4/c1-13(2)12(20)15-5-6-16(13)10(17)8-3-4-14-9(7-8)11(18)19/h3-4,7H,5-6H2,1-2H3,(H,15,20)(H,18,19). The normalized spacial score (nSPS) is 17.5. The van der Waals surface area contributed by atoms with Gasteiger partial charge in [-0.25, -0.2) is 9.78 Å². The minimum Gasteiger partial charge on any atom is -0.477 e. The van der Waals surface area contributed by atoms with Crippen molar-refractivity contribution >= 4 is 17.8 Å². The Morgan fingerprint density at radius 2 is 2.15 bits per heavy atom. The molecular weight excluding hydrogens is 262 g/mol. The van der Waals surface area contributed by atoms with Crippen LogP contribution in [0.15, 0.2) is 18.3 Å². The largest absolute Gasteiger partial charge is 0.477 e. The Morgan fingerprint density at radius 3 is 2.80 bits per heavy atom. The van der Waals surface area contributed by atoms with E-state index in [1.165, 1.54) is 23.2 Å². The molecule has 0 aromatic carbocycles. The summed E-state index contributed by atoms with van der Waals surface area (Å²) in [5, 5.41) is 11.6. The average molecular weight is 277 g/mol. The molecule has 2 amide bonds. The summed E-state index contributed by atoms with van der Waals surface area (Å²) in [6.07, 6.45) is 1.27. The van der Waals surface area contributed by atoms with Gasteiger partial charge in [0.2, 0.25) is 5.91 Å². The molecule has 7 nitrogen and oxygen atoms in total. The lowest BCUT2D eigenvalue weighted by Gasteiger charge is -2.41. The molecule has 0 aliphatic carbocycles. The molecule has 2 heterocycles. The van der Waals surface area contributed by atoms with Crippen molar-refractivity contribution in [1.82, 2.24) is 15.2 Å². The van der Waals surface area contributed by atoms with Crippen molar-refractivity contribution in [1.29, 1.82) is 0 Å². The first-order valence-electron chi connectivity index (χ1n) is 6.13. The molecule has 1 aromatic heterocycles. The van der Waals surface area contributed by atoms with Crippen molar-refractivity contribution in [3.05, 3.63) is 29.6 Å². The minimum atomic E-state index is -1.20. The molecule has 1 aromatic rings. The molecule has 7 heteroatoms. The number of nitrogens with zero attached hydrogens (tertiary/aromatic N) is 2. The first-order chi connectivity index (χ1) is 9.34.